The molecule has 2 unspecified atom stereocenters. The van der Waals surface area contributed by atoms with Crippen molar-refractivity contribution in [2.24, 2.45) is 5.92 Å². The molecular formula is C14H26O4. The lowest BCUT2D eigenvalue weighted by molar-refractivity contribution is -0.226. The number of carbonyl (C=O) groups is 2. The number of hydrogen-bond acceptors (Lipinski definition) is 4. The van der Waals surface area contributed by atoms with Crippen molar-refractivity contribution in [1.82, 2.24) is 0 Å². The van der Waals surface area contributed by atoms with Crippen LogP contribution in [0.5, 0.6) is 0 Å². The van der Waals surface area contributed by atoms with Gasteiger partial charge in [-0.3, -0.25) is 9.59 Å². The third kappa shape index (κ3) is 6.03. The molecule has 0 aromatic heterocycles. The molecule has 0 fully saturated rings. The number of esters is 2. The van der Waals surface area contributed by atoms with Crippen molar-refractivity contribution in [3.05, 3.63) is 0 Å². The topological polar surface area (TPSA) is 52.6 Å². The second-order valence-electron chi connectivity index (χ2n) is 4.80. The molecular weight excluding hydrogens is 232 g/mol. The van der Waals surface area contributed by atoms with E-state index in [0.29, 0.717) is 19.3 Å². The molecule has 4 heteroatoms. The van der Waals surface area contributed by atoms with Crippen LogP contribution in [0.25, 0.3) is 0 Å². The van der Waals surface area contributed by atoms with Gasteiger partial charge in [-0.25, -0.2) is 0 Å². The van der Waals surface area contributed by atoms with Crippen molar-refractivity contribution >= 4 is 11.9 Å². The summed E-state index contributed by atoms with van der Waals surface area (Å²) in [6, 6.07) is 0. The van der Waals surface area contributed by atoms with Crippen molar-refractivity contribution in [2.45, 2.75) is 72.5 Å². The summed E-state index contributed by atoms with van der Waals surface area (Å²) in [5.74, 6) is -1.93. The van der Waals surface area contributed by atoms with Crippen LogP contribution >= 0.6 is 0 Å². The Morgan fingerprint density at radius 2 is 1.78 bits per heavy atom. The lowest BCUT2D eigenvalue weighted by Gasteiger charge is -2.29. The first kappa shape index (κ1) is 16.9. The Kier molecular flexibility index (Phi) is 7.64. The van der Waals surface area contributed by atoms with Crippen LogP contribution in [0.3, 0.4) is 0 Å². The zero-order chi connectivity index (χ0) is 14.2. The van der Waals surface area contributed by atoms with Gasteiger partial charge in [0.25, 0.3) is 5.79 Å². The van der Waals surface area contributed by atoms with Crippen LogP contribution in [0.1, 0.15) is 66.7 Å². The lowest BCUT2D eigenvalue weighted by Crippen LogP contribution is -2.38. The fraction of sp³-hybridized carbons (Fsp3) is 0.857. The van der Waals surface area contributed by atoms with Crippen LogP contribution in [0.15, 0.2) is 0 Å². The summed E-state index contributed by atoms with van der Waals surface area (Å²) in [5.41, 5.74) is 0. The van der Waals surface area contributed by atoms with E-state index in [1.165, 1.54) is 0 Å². The molecule has 0 spiro atoms. The minimum Gasteiger partial charge on any atom is -0.423 e. The molecule has 0 aromatic rings. The third-order valence-electron chi connectivity index (χ3n) is 3.04. The number of hydrogen-bond donors (Lipinski definition) is 0. The highest BCUT2D eigenvalue weighted by Crippen LogP contribution is 2.21. The number of ether oxygens (including phenoxy) is 2. The van der Waals surface area contributed by atoms with Crippen molar-refractivity contribution in [3.8, 4) is 0 Å². The Bertz CT molecular complexity index is 275. The zero-order valence-electron chi connectivity index (χ0n) is 12.2. The van der Waals surface area contributed by atoms with Crippen LogP contribution in [0.4, 0.5) is 0 Å². The Balaban J connectivity index is 4.42. The summed E-state index contributed by atoms with van der Waals surface area (Å²) in [7, 11) is 0. The van der Waals surface area contributed by atoms with Gasteiger partial charge in [0, 0.05) is 19.8 Å². The molecule has 106 valence electrons. The molecule has 2 atom stereocenters. The van der Waals surface area contributed by atoms with Gasteiger partial charge in [0.15, 0.2) is 0 Å². The van der Waals surface area contributed by atoms with Gasteiger partial charge in [0.2, 0.25) is 0 Å². The predicted octanol–water partition coefficient (Wildman–Crippen LogP) is 3.44. The van der Waals surface area contributed by atoms with Crippen LogP contribution in [-0.4, -0.2) is 17.7 Å². The molecule has 0 aliphatic rings. The Morgan fingerprint density at radius 3 is 2.22 bits per heavy atom. The molecule has 0 aliphatic carbocycles. The molecule has 0 saturated carbocycles. The van der Waals surface area contributed by atoms with E-state index in [4.69, 9.17) is 9.47 Å². The highest BCUT2D eigenvalue weighted by Gasteiger charge is 2.32. The zero-order valence-corrected chi connectivity index (χ0v) is 12.2. The fourth-order valence-electron chi connectivity index (χ4n) is 1.26. The number of rotatable bonds is 8. The standard InChI is InChI=1S/C14H26O4/c1-6-9-10-12(15)17-14(5,8-3)18-13(16)11(4)7-2/h11H,6-10H2,1-5H3. The minimum atomic E-state index is -1.13. The molecule has 18 heavy (non-hydrogen) atoms. The highest BCUT2D eigenvalue weighted by atomic mass is 16.7. The van der Waals surface area contributed by atoms with Crippen LogP contribution in [0, 0.1) is 5.92 Å². The average Bonchev–Trinajstić information content (AvgIpc) is 2.34. The molecule has 0 aromatic carbocycles. The SMILES string of the molecule is CCCCC(=O)OC(C)(CC)OC(=O)C(C)CC. The molecule has 0 saturated heterocycles. The fourth-order valence-corrected chi connectivity index (χ4v) is 1.26. The summed E-state index contributed by atoms with van der Waals surface area (Å²) in [4.78, 5) is 23.3. The second kappa shape index (κ2) is 8.11. The summed E-state index contributed by atoms with van der Waals surface area (Å²) < 4.78 is 10.6. The van der Waals surface area contributed by atoms with Gasteiger partial charge in [-0.1, -0.05) is 34.1 Å². The van der Waals surface area contributed by atoms with E-state index >= 15 is 0 Å². The van der Waals surface area contributed by atoms with Crippen molar-refractivity contribution < 1.29 is 19.1 Å². The summed E-state index contributed by atoms with van der Waals surface area (Å²) in [6.07, 6.45) is 3.25. The number of unbranched alkanes of at least 4 members (excludes halogenated alkanes) is 1. The molecule has 4 nitrogen and oxygen atoms in total. The molecule has 0 amide bonds. The maximum atomic E-state index is 11.7. The van der Waals surface area contributed by atoms with E-state index in [1.807, 2.05) is 20.8 Å². The highest BCUT2D eigenvalue weighted by molar-refractivity contribution is 5.73. The van der Waals surface area contributed by atoms with Gasteiger partial charge in [-0.2, -0.15) is 0 Å². The van der Waals surface area contributed by atoms with Gasteiger partial charge < -0.3 is 9.47 Å². The van der Waals surface area contributed by atoms with Crippen molar-refractivity contribution in [3.63, 3.8) is 0 Å². The van der Waals surface area contributed by atoms with Crippen LogP contribution in [-0.2, 0) is 19.1 Å². The van der Waals surface area contributed by atoms with E-state index in [9.17, 15) is 9.59 Å². The quantitative estimate of drug-likeness (QED) is 0.494. The minimum absolute atomic E-state index is 0.176. The number of carbonyl (C=O) groups excluding carboxylic acids is 2. The molecule has 0 rings (SSSR count). The summed E-state index contributed by atoms with van der Waals surface area (Å²) in [6.45, 7) is 9.20. The van der Waals surface area contributed by atoms with Crippen molar-refractivity contribution in [2.75, 3.05) is 0 Å². The predicted molar refractivity (Wildman–Crippen MR) is 69.9 cm³/mol. The first-order valence-electron chi connectivity index (χ1n) is 6.83. The Hall–Kier alpha value is -1.06. The van der Waals surface area contributed by atoms with Crippen molar-refractivity contribution in [1.29, 1.82) is 0 Å². The van der Waals surface area contributed by atoms with E-state index in [1.54, 1.807) is 13.8 Å². The monoisotopic (exact) mass is 258 g/mol. The average molecular weight is 258 g/mol. The Morgan fingerprint density at radius 1 is 1.17 bits per heavy atom. The lowest BCUT2D eigenvalue weighted by atomic mass is 10.1. The van der Waals surface area contributed by atoms with Gasteiger partial charge >= 0.3 is 11.9 Å². The first-order valence-corrected chi connectivity index (χ1v) is 6.83. The molecule has 0 bridgehead atoms. The maximum Gasteiger partial charge on any atom is 0.311 e. The summed E-state index contributed by atoms with van der Waals surface area (Å²) >= 11 is 0. The summed E-state index contributed by atoms with van der Waals surface area (Å²) in [5, 5.41) is 0. The Labute approximate surface area is 110 Å². The van der Waals surface area contributed by atoms with E-state index in [-0.39, 0.29) is 17.9 Å². The molecule has 0 radical (unpaired) electrons. The smallest absolute Gasteiger partial charge is 0.311 e. The van der Waals surface area contributed by atoms with E-state index in [2.05, 4.69) is 0 Å². The third-order valence-corrected chi connectivity index (χ3v) is 3.04. The molecule has 0 heterocycles. The van der Waals surface area contributed by atoms with Crippen LogP contribution < -0.4 is 0 Å². The maximum absolute atomic E-state index is 11.7. The normalized spacial score (nSPS) is 15.6. The van der Waals surface area contributed by atoms with Gasteiger partial charge in [0.1, 0.15) is 0 Å². The van der Waals surface area contributed by atoms with Crippen LogP contribution in [0.2, 0.25) is 0 Å². The molecule has 0 N–H and O–H groups in total. The van der Waals surface area contributed by atoms with Gasteiger partial charge in [0.05, 0.1) is 5.92 Å². The van der Waals surface area contributed by atoms with Gasteiger partial charge in [-0.15, -0.1) is 0 Å². The van der Waals surface area contributed by atoms with E-state index < -0.39 is 5.79 Å². The van der Waals surface area contributed by atoms with Gasteiger partial charge in [-0.05, 0) is 12.8 Å². The molecule has 0 aliphatic heterocycles. The first-order chi connectivity index (χ1) is 8.38. The largest absolute Gasteiger partial charge is 0.423 e. The second-order valence-corrected chi connectivity index (χ2v) is 4.80. The van der Waals surface area contributed by atoms with E-state index in [0.717, 1.165) is 12.8 Å².